The topological polar surface area (TPSA) is 21.3 Å². The van der Waals surface area contributed by atoms with E-state index < -0.39 is 0 Å². The zero-order chi connectivity index (χ0) is 15.4. The standard InChI is InChI=1S/C17H19BrFNO/c1-11-6-14(9-20-3)7-12(2)17(11)21-10-13-4-5-16(19)15(18)8-13/h4-8,20H,9-10H2,1-3H3. The van der Waals surface area contributed by atoms with Crippen molar-refractivity contribution in [3.05, 3.63) is 62.9 Å². The van der Waals surface area contributed by atoms with Crippen molar-refractivity contribution in [2.75, 3.05) is 7.05 Å². The van der Waals surface area contributed by atoms with E-state index in [2.05, 4.69) is 33.4 Å². The fraction of sp³-hybridized carbons (Fsp3) is 0.294. The first kappa shape index (κ1) is 16.0. The summed E-state index contributed by atoms with van der Waals surface area (Å²) in [5.74, 6) is 0.637. The highest BCUT2D eigenvalue weighted by Crippen LogP contribution is 2.26. The van der Waals surface area contributed by atoms with E-state index in [1.807, 2.05) is 20.9 Å². The van der Waals surface area contributed by atoms with Crippen molar-refractivity contribution in [1.82, 2.24) is 5.32 Å². The predicted molar refractivity (Wildman–Crippen MR) is 87.1 cm³/mol. The van der Waals surface area contributed by atoms with E-state index in [9.17, 15) is 4.39 Å². The number of halogens is 2. The molecule has 0 spiro atoms. The molecule has 0 aliphatic heterocycles. The molecular weight excluding hydrogens is 333 g/mol. The van der Waals surface area contributed by atoms with Crippen LogP contribution in [0.3, 0.4) is 0 Å². The molecule has 0 aromatic heterocycles. The quantitative estimate of drug-likeness (QED) is 0.855. The summed E-state index contributed by atoms with van der Waals surface area (Å²) in [4.78, 5) is 0. The second-order valence-corrected chi connectivity index (χ2v) is 5.98. The maximum absolute atomic E-state index is 13.2. The molecule has 4 heteroatoms. The number of nitrogens with one attached hydrogen (secondary N) is 1. The first-order valence-electron chi connectivity index (χ1n) is 6.82. The van der Waals surface area contributed by atoms with Crippen LogP contribution in [0.15, 0.2) is 34.8 Å². The molecule has 112 valence electrons. The van der Waals surface area contributed by atoms with Gasteiger partial charge < -0.3 is 10.1 Å². The lowest BCUT2D eigenvalue weighted by Crippen LogP contribution is -2.06. The van der Waals surface area contributed by atoms with Crippen LogP contribution in [0.4, 0.5) is 4.39 Å². The Labute approximate surface area is 133 Å². The summed E-state index contributed by atoms with van der Waals surface area (Å²) in [6.07, 6.45) is 0. The molecule has 2 aromatic rings. The molecular formula is C17H19BrFNO. The summed E-state index contributed by atoms with van der Waals surface area (Å²) in [5.41, 5.74) is 4.40. The Bertz CT molecular complexity index is 620. The molecule has 0 radical (unpaired) electrons. The van der Waals surface area contributed by atoms with Gasteiger partial charge in [0.2, 0.25) is 0 Å². The fourth-order valence-electron chi connectivity index (χ4n) is 2.36. The maximum Gasteiger partial charge on any atom is 0.137 e. The number of aryl methyl sites for hydroxylation is 2. The molecule has 0 atom stereocenters. The zero-order valence-electron chi connectivity index (χ0n) is 12.5. The van der Waals surface area contributed by atoms with Gasteiger partial charge in [-0.15, -0.1) is 0 Å². The lowest BCUT2D eigenvalue weighted by molar-refractivity contribution is 0.301. The van der Waals surface area contributed by atoms with Crippen LogP contribution in [0.25, 0.3) is 0 Å². The molecule has 2 aromatic carbocycles. The molecule has 0 bridgehead atoms. The van der Waals surface area contributed by atoms with Gasteiger partial charge in [0.25, 0.3) is 0 Å². The van der Waals surface area contributed by atoms with Crippen molar-refractivity contribution < 1.29 is 9.13 Å². The molecule has 1 N–H and O–H groups in total. The molecule has 0 fully saturated rings. The molecule has 0 aliphatic carbocycles. The van der Waals surface area contributed by atoms with Gasteiger partial charge in [-0.25, -0.2) is 4.39 Å². The van der Waals surface area contributed by atoms with Gasteiger partial charge in [-0.05, 0) is 71.2 Å². The molecule has 0 amide bonds. The lowest BCUT2D eigenvalue weighted by Gasteiger charge is -2.14. The van der Waals surface area contributed by atoms with Crippen molar-refractivity contribution in [2.45, 2.75) is 27.0 Å². The summed E-state index contributed by atoms with van der Waals surface area (Å²) in [5, 5.41) is 3.15. The second kappa shape index (κ2) is 7.05. The highest BCUT2D eigenvalue weighted by molar-refractivity contribution is 9.10. The SMILES string of the molecule is CNCc1cc(C)c(OCc2ccc(F)c(Br)c2)c(C)c1. The summed E-state index contributed by atoms with van der Waals surface area (Å²) < 4.78 is 19.6. The Hall–Kier alpha value is -1.39. The Morgan fingerprint density at radius 3 is 2.33 bits per heavy atom. The van der Waals surface area contributed by atoms with Gasteiger partial charge in [-0.2, -0.15) is 0 Å². The highest BCUT2D eigenvalue weighted by Gasteiger charge is 2.08. The molecule has 0 heterocycles. The van der Waals surface area contributed by atoms with E-state index in [4.69, 9.17) is 4.74 Å². The number of hydrogen-bond donors (Lipinski definition) is 1. The van der Waals surface area contributed by atoms with Crippen LogP contribution >= 0.6 is 15.9 Å². The molecule has 0 saturated heterocycles. The van der Waals surface area contributed by atoms with Crippen LogP contribution in [-0.2, 0) is 13.2 Å². The van der Waals surface area contributed by atoms with E-state index >= 15 is 0 Å². The van der Waals surface area contributed by atoms with E-state index in [1.54, 1.807) is 12.1 Å². The van der Waals surface area contributed by atoms with Crippen LogP contribution in [0.1, 0.15) is 22.3 Å². The minimum Gasteiger partial charge on any atom is -0.488 e. The third kappa shape index (κ3) is 4.05. The maximum atomic E-state index is 13.2. The summed E-state index contributed by atoms with van der Waals surface area (Å²) in [6.45, 7) is 5.35. The van der Waals surface area contributed by atoms with Crippen LogP contribution < -0.4 is 10.1 Å². The van der Waals surface area contributed by atoms with Crippen LogP contribution in [-0.4, -0.2) is 7.05 Å². The van der Waals surface area contributed by atoms with Gasteiger partial charge in [0.1, 0.15) is 18.2 Å². The van der Waals surface area contributed by atoms with Crippen molar-refractivity contribution in [2.24, 2.45) is 0 Å². The first-order valence-corrected chi connectivity index (χ1v) is 7.62. The Balaban J connectivity index is 2.14. The van der Waals surface area contributed by atoms with E-state index in [0.29, 0.717) is 11.1 Å². The van der Waals surface area contributed by atoms with Crippen molar-refractivity contribution in [3.63, 3.8) is 0 Å². The number of hydrogen-bond acceptors (Lipinski definition) is 2. The van der Waals surface area contributed by atoms with Crippen molar-refractivity contribution >= 4 is 15.9 Å². The van der Waals surface area contributed by atoms with Gasteiger partial charge in [0.05, 0.1) is 4.47 Å². The Kier molecular flexibility index (Phi) is 5.37. The molecule has 21 heavy (non-hydrogen) atoms. The number of benzene rings is 2. The van der Waals surface area contributed by atoms with Gasteiger partial charge in [-0.1, -0.05) is 18.2 Å². The average Bonchev–Trinajstić information content (AvgIpc) is 2.42. The minimum atomic E-state index is -0.262. The molecule has 2 nitrogen and oxygen atoms in total. The Morgan fingerprint density at radius 1 is 1.10 bits per heavy atom. The van der Waals surface area contributed by atoms with Gasteiger partial charge >= 0.3 is 0 Å². The molecule has 0 saturated carbocycles. The number of ether oxygens (including phenoxy) is 1. The first-order chi connectivity index (χ1) is 10.0. The van der Waals surface area contributed by atoms with Gasteiger partial charge in [-0.3, -0.25) is 0 Å². The van der Waals surface area contributed by atoms with Crippen molar-refractivity contribution in [3.8, 4) is 5.75 Å². The zero-order valence-corrected chi connectivity index (χ0v) is 14.1. The average molecular weight is 352 g/mol. The third-order valence-electron chi connectivity index (χ3n) is 3.27. The van der Waals surface area contributed by atoms with E-state index in [0.717, 1.165) is 29.0 Å². The van der Waals surface area contributed by atoms with Gasteiger partial charge in [0, 0.05) is 6.54 Å². The lowest BCUT2D eigenvalue weighted by atomic mass is 10.1. The third-order valence-corrected chi connectivity index (χ3v) is 3.88. The summed E-state index contributed by atoms with van der Waals surface area (Å²) in [7, 11) is 1.93. The molecule has 0 unspecified atom stereocenters. The predicted octanol–water partition coefficient (Wildman–Crippen LogP) is 4.50. The summed E-state index contributed by atoms with van der Waals surface area (Å²) >= 11 is 3.19. The molecule has 0 aliphatic rings. The van der Waals surface area contributed by atoms with Gasteiger partial charge in [0.15, 0.2) is 0 Å². The van der Waals surface area contributed by atoms with Crippen LogP contribution in [0, 0.1) is 19.7 Å². The highest BCUT2D eigenvalue weighted by atomic mass is 79.9. The molecule has 2 rings (SSSR count). The fourth-order valence-corrected chi connectivity index (χ4v) is 2.78. The normalized spacial score (nSPS) is 10.7. The second-order valence-electron chi connectivity index (χ2n) is 5.13. The minimum absolute atomic E-state index is 0.262. The van der Waals surface area contributed by atoms with E-state index in [1.165, 1.54) is 11.6 Å². The monoisotopic (exact) mass is 351 g/mol. The smallest absolute Gasteiger partial charge is 0.137 e. The Morgan fingerprint density at radius 2 is 1.76 bits per heavy atom. The van der Waals surface area contributed by atoms with Crippen LogP contribution in [0.2, 0.25) is 0 Å². The summed E-state index contributed by atoms with van der Waals surface area (Å²) in [6, 6.07) is 9.17. The van der Waals surface area contributed by atoms with E-state index in [-0.39, 0.29) is 5.82 Å². The largest absolute Gasteiger partial charge is 0.488 e. The van der Waals surface area contributed by atoms with Crippen LogP contribution in [0.5, 0.6) is 5.75 Å². The van der Waals surface area contributed by atoms with Crippen molar-refractivity contribution in [1.29, 1.82) is 0 Å². The number of rotatable bonds is 5.